The van der Waals surface area contributed by atoms with Gasteiger partial charge in [0.25, 0.3) is 0 Å². The number of aromatic nitrogens is 2. The number of nitrogens with zero attached hydrogens (tertiary/aromatic N) is 2. The summed E-state index contributed by atoms with van der Waals surface area (Å²) in [5, 5.41) is 3.61. The van der Waals surface area contributed by atoms with Gasteiger partial charge in [0, 0.05) is 7.05 Å². The van der Waals surface area contributed by atoms with Gasteiger partial charge in [-0.15, -0.1) is 0 Å². The van der Waals surface area contributed by atoms with Crippen LogP contribution in [0.25, 0.3) is 0 Å². The Morgan fingerprint density at radius 2 is 2.00 bits per heavy atom. The van der Waals surface area contributed by atoms with E-state index in [9.17, 15) is 13.2 Å². The van der Waals surface area contributed by atoms with Crippen LogP contribution < -0.4 is 0 Å². The lowest BCUT2D eigenvalue weighted by Crippen LogP contribution is -2.06. The Labute approximate surface area is 88.4 Å². The Kier molecular flexibility index (Phi) is 2.72. The van der Waals surface area contributed by atoms with E-state index in [2.05, 4.69) is 21.0 Å². The van der Waals surface area contributed by atoms with Crippen LogP contribution in [-0.4, -0.2) is 9.78 Å². The lowest BCUT2D eigenvalue weighted by atomic mass is 10.4. The van der Waals surface area contributed by atoms with Crippen molar-refractivity contribution in [2.45, 2.75) is 6.18 Å². The molecule has 0 radical (unpaired) electrons. The third kappa shape index (κ3) is 1.76. The van der Waals surface area contributed by atoms with Crippen molar-refractivity contribution in [3.05, 3.63) is 13.9 Å². The molecule has 0 aliphatic carbocycles. The maximum absolute atomic E-state index is 12.2. The van der Waals surface area contributed by atoms with Gasteiger partial charge in [-0.1, -0.05) is 0 Å². The fourth-order valence-electron chi connectivity index (χ4n) is 0.706. The van der Waals surface area contributed by atoms with E-state index < -0.39 is 11.7 Å². The van der Waals surface area contributed by atoms with Gasteiger partial charge < -0.3 is 0 Å². The Balaban J connectivity index is 3.32. The van der Waals surface area contributed by atoms with E-state index in [0.29, 0.717) is 0 Å². The Hall–Kier alpha value is 0.210. The van der Waals surface area contributed by atoms with Gasteiger partial charge >= 0.3 is 6.18 Å². The van der Waals surface area contributed by atoms with E-state index in [1.54, 1.807) is 22.6 Å². The summed E-state index contributed by atoms with van der Waals surface area (Å²) in [5.41, 5.74) is -0.717. The first-order chi connectivity index (χ1) is 5.34. The van der Waals surface area contributed by atoms with Crippen LogP contribution in [0.3, 0.4) is 0 Å². The van der Waals surface area contributed by atoms with Crippen molar-refractivity contribution in [2.75, 3.05) is 0 Å². The maximum Gasteiger partial charge on any atom is 0.421 e. The predicted molar refractivity (Wildman–Crippen MR) is 48.6 cm³/mol. The number of hydrogen-bond acceptors (Lipinski definition) is 1. The first-order valence-electron chi connectivity index (χ1n) is 2.79. The van der Waals surface area contributed by atoms with Gasteiger partial charge in [-0.25, -0.2) is 0 Å². The SMILES string of the molecule is Cn1nc(I)c(C(F)(F)F)c1Br. The summed E-state index contributed by atoms with van der Waals surface area (Å²) in [5.74, 6) is 0. The molecule has 0 amide bonds. The quantitative estimate of drug-likeness (QED) is 0.655. The molecule has 7 heteroatoms. The highest BCUT2D eigenvalue weighted by molar-refractivity contribution is 14.1. The first kappa shape index (κ1) is 10.3. The average molecular weight is 355 g/mol. The highest BCUT2D eigenvalue weighted by Gasteiger charge is 2.38. The predicted octanol–water partition coefficient (Wildman–Crippen LogP) is 2.81. The van der Waals surface area contributed by atoms with Gasteiger partial charge in [-0.05, 0) is 38.5 Å². The molecule has 0 atom stereocenters. The monoisotopic (exact) mass is 354 g/mol. The third-order valence-electron chi connectivity index (χ3n) is 1.22. The second-order valence-electron chi connectivity index (χ2n) is 2.08. The summed E-state index contributed by atoms with van der Waals surface area (Å²) in [6.45, 7) is 0. The second kappa shape index (κ2) is 3.17. The molecule has 12 heavy (non-hydrogen) atoms. The number of aryl methyl sites for hydroxylation is 1. The van der Waals surface area contributed by atoms with E-state index in [0.717, 1.165) is 4.68 Å². The second-order valence-corrected chi connectivity index (χ2v) is 3.85. The summed E-state index contributed by atoms with van der Waals surface area (Å²) < 4.78 is 37.8. The van der Waals surface area contributed by atoms with Crippen LogP contribution in [0, 0.1) is 3.70 Å². The average Bonchev–Trinajstić information content (AvgIpc) is 2.05. The van der Waals surface area contributed by atoms with Crippen LogP contribution in [0.5, 0.6) is 0 Å². The highest BCUT2D eigenvalue weighted by atomic mass is 127. The van der Waals surface area contributed by atoms with Crippen molar-refractivity contribution in [3.63, 3.8) is 0 Å². The lowest BCUT2D eigenvalue weighted by molar-refractivity contribution is -0.138. The fraction of sp³-hybridized carbons (Fsp3) is 0.400. The molecule has 0 spiro atoms. The van der Waals surface area contributed by atoms with E-state index in [4.69, 9.17) is 0 Å². The summed E-state index contributed by atoms with van der Waals surface area (Å²) in [6, 6.07) is 0. The van der Waals surface area contributed by atoms with E-state index in [-0.39, 0.29) is 8.30 Å². The van der Waals surface area contributed by atoms with Crippen molar-refractivity contribution in [2.24, 2.45) is 7.05 Å². The maximum atomic E-state index is 12.2. The minimum atomic E-state index is -4.34. The molecule has 1 rings (SSSR count). The van der Waals surface area contributed by atoms with Crippen molar-refractivity contribution in [1.82, 2.24) is 9.78 Å². The summed E-state index contributed by atoms with van der Waals surface area (Å²) in [6.07, 6.45) is -4.34. The molecule has 0 N–H and O–H groups in total. The molecule has 0 aliphatic rings. The smallest absolute Gasteiger partial charge is 0.260 e. The summed E-state index contributed by atoms with van der Waals surface area (Å²) in [7, 11) is 1.45. The van der Waals surface area contributed by atoms with Gasteiger partial charge in [-0.2, -0.15) is 18.3 Å². The van der Waals surface area contributed by atoms with Crippen LogP contribution >= 0.6 is 38.5 Å². The largest absolute Gasteiger partial charge is 0.421 e. The van der Waals surface area contributed by atoms with Gasteiger partial charge in [0.15, 0.2) is 0 Å². The molecular formula is C5H3BrF3IN2. The molecule has 0 fully saturated rings. The molecule has 68 valence electrons. The standard InChI is InChI=1S/C5H3BrF3IN2/c1-12-3(6)2(4(10)11-12)5(7,8)9/h1H3. The number of alkyl halides is 3. The van der Waals surface area contributed by atoms with Crippen molar-refractivity contribution < 1.29 is 13.2 Å². The van der Waals surface area contributed by atoms with Gasteiger partial charge in [0.2, 0.25) is 0 Å². The van der Waals surface area contributed by atoms with Crippen LogP contribution in [-0.2, 0) is 13.2 Å². The molecule has 2 nitrogen and oxygen atoms in total. The van der Waals surface area contributed by atoms with E-state index >= 15 is 0 Å². The molecule has 0 bridgehead atoms. The molecular weight excluding hydrogens is 352 g/mol. The fourth-order valence-corrected chi connectivity index (χ4v) is 2.45. The minimum absolute atomic E-state index is 0.0422. The zero-order valence-electron chi connectivity index (χ0n) is 5.78. The molecule has 0 saturated heterocycles. The topological polar surface area (TPSA) is 17.8 Å². The minimum Gasteiger partial charge on any atom is -0.260 e. The Morgan fingerprint density at radius 3 is 2.17 bits per heavy atom. The van der Waals surface area contributed by atoms with E-state index in [1.165, 1.54) is 7.05 Å². The van der Waals surface area contributed by atoms with Gasteiger partial charge in [-0.3, -0.25) is 4.68 Å². The van der Waals surface area contributed by atoms with Crippen LogP contribution in [0.1, 0.15) is 5.56 Å². The summed E-state index contributed by atoms with van der Waals surface area (Å²) >= 11 is 4.36. The molecule has 1 heterocycles. The zero-order valence-corrected chi connectivity index (χ0v) is 9.53. The third-order valence-corrected chi connectivity index (χ3v) is 2.88. The van der Waals surface area contributed by atoms with Crippen LogP contribution in [0.4, 0.5) is 13.2 Å². The molecule has 1 aromatic rings. The van der Waals surface area contributed by atoms with Crippen molar-refractivity contribution in [1.29, 1.82) is 0 Å². The number of hydrogen-bond donors (Lipinski definition) is 0. The van der Waals surface area contributed by atoms with Crippen LogP contribution in [0.15, 0.2) is 4.60 Å². The molecule has 0 unspecified atom stereocenters. The normalized spacial score (nSPS) is 12.2. The highest BCUT2D eigenvalue weighted by Crippen LogP contribution is 2.37. The van der Waals surface area contributed by atoms with Crippen LogP contribution in [0.2, 0.25) is 0 Å². The molecule has 0 aromatic carbocycles. The van der Waals surface area contributed by atoms with Crippen molar-refractivity contribution in [3.8, 4) is 0 Å². The summed E-state index contributed by atoms with van der Waals surface area (Å²) in [4.78, 5) is 0. The molecule has 1 aromatic heterocycles. The zero-order chi connectivity index (χ0) is 9.52. The molecule has 0 saturated carbocycles. The van der Waals surface area contributed by atoms with E-state index in [1.807, 2.05) is 0 Å². The van der Waals surface area contributed by atoms with Gasteiger partial charge in [0.05, 0.1) is 0 Å². The lowest BCUT2D eigenvalue weighted by Gasteiger charge is -2.03. The Bertz CT molecular complexity index is 306. The number of halogens is 5. The molecule has 0 aliphatic heterocycles. The van der Waals surface area contributed by atoms with Gasteiger partial charge in [0.1, 0.15) is 13.9 Å². The number of rotatable bonds is 0. The van der Waals surface area contributed by atoms with Crippen molar-refractivity contribution >= 4 is 38.5 Å². The Morgan fingerprint density at radius 1 is 1.50 bits per heavy atom. The first-order valence-corrected chi connectivity index (χ1v) is 4.66.